The maximum absolute atomic E-state index is 10.1. The van der Waals surface area contributed by atoms with E-state index >= 15 is 0 Å². The fourth-order valence-electron chi connectivity index (χ4n) is 3.01. The molecule has 2 nitrogen and oxygen atoms in total. The quantitative estimate of drug-likeness (QED) is 0.785. The molecule has 88 valence electrons. The minimum Gasteiger partial charge on any atom is -0.507 e. The highest BCUT2D eigenvalue weighted by Crippen LogP contribution is 2.41. The predicted octanol–water partition coefficient (Wildman–Crippen LogP) is 3.27. The Morgan fingerprint density at radius 2 is 1.65 bits per heavy atom. The van der Waals surface area contributed by atoms with Crippen LogP contribution in [-0.2, 0) is 5.54 Å². The van der Waals surface area contributed by atoms with Crippen LogP contribution in [-0.4, -0.2) is 5.11 Å². The number of aromatic hydroxyl groups is 1. The van der Waals surface area contributed by atoms with Crippen LogP contribution in [0.25, 0.3) is 10.8 Å². The fourth-order valence-corrected chi connectivity index (χ4v) is 3.01. The molecule has 0 unspecified atom stereocenters. The van der Waals surface area contributed by atoms with Crippen molar-refractivity contribution in [3.8, 4) is 5.75 Å². The monoisotopic (exact) mass is 227 g/mol. The molecule has 0 bridgehead atoms. The van der Waals surface area contributed by atoms with Gasteiger partial charge in [0.25, 0.3) is 0 Å². The number of phenolic OH excluding ortho intramolecular Hbond substituents is 1. The van der Waals surface area contributed by atoms with E-state index in [-0.39, 0.29) is 5.54 Å². The van der Waals surface area contributed by atoms with E-state index in [9.17, 15) is 5.11 Å². The molecule has 1 fully saturated rings. The normalized spacial score (nSPS) is 18.6. The maximum atomic E-state index is 10.1. The van der Waals surface area contributed by atoms with E-state index in [2.05, 4.69) is 6.07 Å². The second-order valence-corrected chi connectivity index (χ2v) is 5.04. The zero-order valence-corrected chi connectivity index (χ0v) is 9.82. The van der Waals surface area contributed by atoms with E-state index in [0.717, 1.165) is 29.2 Å². The molecular weight excluding hydrogens is 210 g/mol. The lowest BCUT2D eigenvalue weighted by Gasteiger charge is -2.26. The molecular formula is C15H17NO. The summed E-state index contributed by atoms with van der Waals surface area (Å²) in [6, 6.07) is 11.8. The van der Waals surface area contributed by atoms with E-state index in [1.807, 2.05) is 24.3 Å². The van der Waals surface area contributed by atoms with Crippen LogP contribution in [0.1, 0.15) is 31.2 Å². The third-order valence-corrected chi connectivity index (χ3v) is 3.91. The van der Waals surface area contributed by atoms with Crippen molar-refractivity contribution in [2.75, 3.05) is 0 Å². The summed E-state index contributed by atoms with van der Waals surface area (Å²) in [7, 11) is 0. The molecule has 1 aliphatic carbocycles. The van der Waals surface area contributed by atoms with E-state index in [1.54, 1.807) is 6.07 Å². The maximum Gasteiger partial charge on any atom is 0.123 e. The van der Waals surface area contributed by atoms with Crippen LogP contribution in [0.5, 0.6) is 5.75 Å². The number of hydrogen-bond donors (Lipinski definition) is 2. The Kier molecular flexibility index (Phi) is 2.33. The van der Waals surface area contributed by atoms with E-state index < -0.39 is 0 Å². The summed E-state index contributed by atoms with van der Waals surface area (Å²) in [5.41, 5.74) is 7.36. The number of fused-ring (bicyclic) bond motifs is 1. The number of phenols is 1. The average molecular weight is 227 g/mol. The van der Waals surface area contributed by atoms with Gasteiger partial charge in [-0.2, -0.15) is 0 Å². The molecule has 1 saturated carbocycles. The second-order valence-electron chi connectivity index (χ2n) is 5.04. The van der Waals surface area contributed by atoms with E-state index in [0.29, 0.717) is 5.75 Å². The molecule has 2 aromatic carbocycles. The lowest BCUT2D eigenvalue weighted by molar-refractivity contribution is 0.457. The van der Waals surface area contributed by atoms with Gasteiger partial charge in [-0.15, -0.1) is 0 Å². The van der Waals surface area contributed by atoms with Crippen molar-refractivity contribution in [1.82, 2.24) is 0 Å². The molecule has 2 aromatic rings. The summed E-state index contributed by atoms with van der Waals surface area (Å²) in [4.78, 5) is 0. The molecule has 0 aliphatic heterocycles. The highest BCUT2D eigenvalue weighted by molar-refractivity contribution is 5.91. The molecule has 0 aromatic heterocycles. The van der Waals surface area contributed by atoms with Crippen LogP contribution in [0.15, 0.2) is 36.4 Å². The average Bonchev–Trinajstić information content (AvgIpc) is 2.77. The van der Waals surface area contributed by atoms with Gasteiger partial charge in [0, 0.05) is 10.9 Å². The van der Waals surface area contributed by atoms with Gasteiger partial charge in [-0.3, -0.25) is 0 Å². The zero-order valence-electron chi connectivity index (χ0n) is 9.82. The first kappa shape index (κ1) is 10.6. The van der Waals surface area contributed by atoms with Crippen LogP contribution in [0.2, 0.25) is 0 Å². The second kappa shape index (κ2) is 3.74. The van der Waals surface area contributed by atoms with Gasteiger partial charge in [-0.1, -0.05) is 43.2 Å². The van der Waals surface area contributed by atoms with Crippen LogP contribution in [0, 0.1) is 0 Å². The van der Waals surface area contributed by atoms with Gasteiger partial charge in [0.05, 0.1) is 0 Å². The Hall–Kier alpha value is -1.54. The molecule has 0 heterocycles. The SMILES string of the molecule is NC1(c2cccc3cccc(O)c23)CCCC1. The Labute approximate surface area is 101 Å². The number of rotatable bonds is 1. The highest BCUT2D eigenvalue weighted by Gasteiger charge is 2.32. The summed E-state index contributed by atoms with van der Waals surface area (Å²) in [6.45, 7) is 0. The third-order valence-electron chi connectivity index (χ3n) is 3.91. The first-order chi connectivity index (χ1) is 8.21. The molecule has 0 spiro atoms. The Morgan fingerprint density at radius 3 is 2.35 bits per heavy atom. The molecule has 0 radical (unpaired) electrons. The summed E-state index contributed by atoms with van der Waals surface area (Å²) in [5, 5.41) is 12.1. The smallest absolute Gasteiger partial charge is 0.123 e. The molecule has 0 amide bonds. The lowest BCUT2D eigenvalue weighted by Crippen LogP contribution is -2.33. The van der Waals surface area contributed by atoms with Gasteiger partial charge in [-0.05, 0) is 29.9 Å². The van der Waals surface area contributed by atoms with Crippen molar-refractivity contribution in [1.29, 1.82) is 0 Å². The van der Waals surface area contributed by atoms with Crippen LogP contribution in [0.3, 0.4) is 0 Å². The molecule has 17 heavy (non-hydrogen) atoms. The van der Waals surface area contributed by atoms with Gasteiger partial charge < -0.3 is 10.8 Å². The summed E-state index contributed by atoms with van der Waals surface area (Å²) in [5.74, 6) is 0.342. The fraction of sp³-hybridized carbons (Fsp3) is 0.333. The predicted molar refractivity (Wildman–Crippen MR) is 69.9 cm³/mol. The lowest BCUT2D eigenvalue weighted by atomic mass is 9.85. The molecule has 0 saturated heterocycles. The van der Waals surface area contributed by atoms with Crippen molar-refractivity contribution >= 4 is 10.8 Å². The van der Waals surface area contributed by atoms with Crippen molar-refractivity contribution < 1.29 is 5.11 Å². The van der Waals surface area contributed by atoms with Gasteiger partial charge in [0.15, 0.2) is 0 Å². The van der Waals surface area contributed by atoms with Crippen molar-refractivity contribution in [3.05, 3.63) is 42.0 Å². The highest BCUT2D eigenvalue weighted by atomic mass is 16.3. The molecule has 2 heteroatoms. The number of hydrogen-bond acceptors (Lipinski definition) is 2. The van der Waals surface area contributed by atoms with Crippen LogP contribution >= 0.6 is 0 Å². The summed E-state index contributed by atoms with van der Waals surface area (Å²) in [6.07, 6.45) is 4.39. The minimum atomic E-state index is -0.252. The van der Waals surface area contributed by atoms with Crippen LogP contribution < -0.4 is 5.73 Å². The Balaban J connectivity index is 2.29. The van der Waals surface area contributed by atoms with E-state index in [1.165, 1.54) is 12.8 Å². The summed E-state index contributed by atoms with van der Waals surface area (Å²) >= 11 is 0. The third kappa shape index (κ3) is 1.60. The van der Waals surface area contributed by atoms with Gasteiger partial charge in [0.2, 0.25) is 0 Å². The Bertz CT molecular complexity index is 551. The van der Waals surface area contributed by atoms with Crippen molar-refractivity contribution in [3.63, 3.8) is 0 Å². The summed E-state index contributed by atoms with van der Waals surface area (Å²) < 4.78 is 0. The van der Waals surface area contributed by atoms with Crippen LogP contribution in [0.4, 0.5) is 0 Å². The first-order valence-corrected chi connectivity index (χ1v) is 6.21. The largest absolute Gasteiger partial charge is 0.507 e. The van der Waals surface area contributed by atoms with Gasteiger partial charge >= 0.3 is 0 Å². The number of nitrogens with two attached hydrogens (primary N) is 1. The van der Waals surface area contributed by atoms with Gasteiger partial charge in [-0.25, -0.2) is 0 Å². The Morgan fingerprint density at radius 1 is 1.00 bits per heavy atom. The van der Waals surface area contributed by atoms with Crippen molar-refractivity contribution in [2.45, 2.75) is 31.2 Å². The minimum absolute atomic E-state index is 0.252. The number of benzene rings is 2. The van der Waals surface area contributed by atoms with Crippen molar-refractivity contribution in [2.24, 2.45) is 5.73 Å². The van der Waals surface area contributed by atoms with Gasteiger partial charge in [0.1, 0.15) is 5.75 Å². The van der Waals surface area contributed by atoms with E-state index in [4.69, 9.17) is 5.73 Å². The standard InChI is InChI=1S/C15H17NO/c16-15(9-1-2-10-15)12-7-3-5-11-6-4-8-13(17)14(11)12/h3-8,17H,1-2,9-10,16H2. The topological polar surface area (TPSA) is 46.2 Å². The molecule has 3 rings (SSSR count). The molecule has 3 N–H and O–H groups in total. The zero-order chi connectivity index (χ0) is 11.9. The first-order valence-electron chi connectivity index (χ1n) is 6.21. The molecule has 0 atom stereocenters. The molecule has 1 aliphatic rings.